The summed E-state index contributed by atoms with van der Waals surface area (Å²) in [6.45, 7) is 7.51. The molecular weight excluding hydrogens is 498 g/mol. The van der Waals surface area contributed by atoms with Gasteiger partial charge in [0, 0.05) is 0 Å². The first-order valence-corrected chi connectivity index (χ1v) is 12.5. The highest BCUT2D eigenvalue weighted by atomic mass is 32.1. The average molecular weight is 528 g/mol. The number of carbonyl (C=O) groups is 1. The smallest absolute Gasteiger partial charge is 0.333 e. The lowest BCUT2D eigenvalue weighted by atomic mass is 10.1. The lowest BCUT2D eigenvalue weighted by molar-refractivity contribution is -0.146. The fraction of sp³-hybridized carbons (Fsp3) is 0.385. The molecular formula is C26H29N3O7S. The predicted octanol–water partition coefficient (Wildman–Crippen LogP) is 3.54. The number of carboxylic acid groups (broad SMARTS) is 1. The Balaban J connectivity index is 2.00. The van der Waals surface area contributed by atoms with Crippen molar-refractivity contribution in [3.8, 4) is 10.8 Å². The van der Waals surface area contributed by atoms with Crippen LogP contribution in [0.25, 0.3) is 21.0 Å². The Morgan fingerprint density at radius 2 is 1.86 bits per heavy atom. The van der Waals surface area contributed by atoms with Crippen molar-refractivity contribution >= 4 is 27.5 Å². The number of fused-ring (bicyclic) bond motifs is 1. The van der Waals surface area contributed by atoms with Crippen molar-refractivity contribution in [1.29, 1.82) is 0 Å². The van der Waals surface area contributed by atoms with E-state index in [1.807, 2.05) is 30.3 Å². The second-order valence-electron chi connectivity index (χ2n) is 9.99. The molecule has 0 unspecified atom stereocenters. The molecule has 0 aliphatic heterocycles. The third-order valence-electron chi connectivity index (χ3n) is 6.08. The van der Waals surface area contributed by atoms with Gasteiger partial charge in [-0.25, -0.2) is 19.1 Å². The van der Waals surface area contributed by atoms with Crippen molar-refractivity contribution in [1.82, 2.24) is 14.1 Å². The molecule has 0 saturated carbocycles. The Morgan fingerprint density at radius 3 is 2.43 bits per heavy atom. The van der Waals surface area contributed by atoms with Gasteiger partial charge in [0.15, 0.2) is 0 Å². The summed E-state index contributed by atoms with van der Waals surface area (Å²) in [5.41, 5.74) is -3.15. The number of aliphatic hydroxyl groups is 1. The van der Waals surface area contributed by atoms with Gasteiger partial charge in [0.1, 0.15) is 22.7 Å². The Labute approximate surface area is 216 Å². The highest BCUT2D eigenvalue weighted by molar-refractivity contribution is 7.22. The van der Waals surface area contributed by atoms with Crippen LogP contribution in [0.15, 0.2) is 56.8 Å². The molecule has 0 saturated heterocycles. The van der Waals surface area contributed by atoms with Gasteiger partial charge in [-0.15, -0.1) is 11.3 Å². The zero-order chi connectivity index (χ0) is 27.1. The fourth-order valence-electron chi connectivity index (χ4n) is 4.03. The van der Waals surface area contributed by atoms with Gasteiger partial charge in [-0.1, -0.05) is 30.3 Å². The van der Waals surface area contributed by atoms with Gasteiger partial charge in [0.05, 0.1) is 35.2 Å². The number of carboxylic acids is 1. The lowest BCUT2D eigenvalue weighted by Gasteiger charge is -2.26. The van der Waals surface area contributed by atoms with Crippen LogP contribution in [0.5, 0.6) is 0 Å². The van der Waals surface area contributed by atoms with Gasteiger partial charge < -0.3 is 19.4 Å². The molecule has 2 N–H and O–H groups in total. The van der Waals surface area contributed by atoms with Crippen LogP contribution in [0.1, 0.15) is 44.9 Å². The number of ether oxygens (including phenoxy) is 1. The SMILES string of the molecule is Cc1c(-c2ncco2)sc2c1c(=O)n(C(C)(C)C(=O)O)c(=O)n2C[C@@H](OCC(C)(C)O)c1ccccc1. The van der Waals surface area contributed by atoms with E-state index < -0.39 is 34.5 Å². The summed E-state index contributed by atoms with van der Waals surface area (Å²) in [6, 6.07) is 9.19. The summed E-state index contributed by atoms with van der Waals surface area (Å²) in [5, 5.41) is 20.4. The highest BCUT2D eigenvalue weighted by Gasteiger charge is 2.36. The van der Waals surface area contributed by atoms with Crippen LogP contribution in [-0.2, 0) is 21.6 Å². The molecule has 196 valence electrons. The molecule has 0 aliphatic carbocycles. The average Bonchev–Trinajstić information content (AvgIpc) is 3.46. The van der Waals surface area contributed by atoms with E-state index in [0.717, 1.165) is 10.1 Å². The predicted molar refractivity (Wildman–Crippen MR) is 139 cm³/mol. The molecule has 0 radical (unpaired) electrons. The summed E-state index contributed by atoms with van der Waals surface area (Å²) >= 11 is 1.17. The van der Waals surface area contributed by atoms with Crippen LogP contribution < -0.4 is 11.2 Å². The van der Waals surface area contributed by atoms with Crippen LogP contribution >= 0.6 is 11.3 Å². The fourth-order valence-corrected chi connectivity index (χ4v) is 5.27. The molecule has 1 aromatic carbocycles. The van der Waals surface area contributed by atoms with E-state index in [1.54, 1.807) is 20.8 Å². The first-order valence-electron chi connectivity index (χ1n) is 11.6. The summed E-state index contributed by atoms with van der Waals surface area (Å²) in [7, 11) is 0. The zero-order valence-corrected chi connectivity index (χ0v) is 22.0. The highest BCUT2D eigenvalue weighted by Crippen LogP contribution is 2.36. The van der Waals surface area contributed by atoms with E-state index in [0.29, 0.717) is 21.2 Å². The molecule has 0 bridgehead atoms. The third-order valence-corrected chi connectivity index (χ3v) is 7.38. The number of benzene rings is 1. The van der Waals surface area contributed by atoms with E-state index in [4.69, 9.17) is 9.15 Å². The molecule has 0 amide bonds. The van der Waals surface area contributed by atoms with Crippen molar-refractivity contribution in [3.05, 3.63) is 74.8 Å². The largest absolute Gasteiger partial charge is 0.480 e. The van der Waals surface area contributed by atoms with Gasteiger partial charge in [0.2, 0.25) is 5.89 Å². The normalized spacial score (nSPS) is 13.2. The van der Waals surface area contributed by atoms with E-state index >= 15 is 0 Å². The number of aryl methyl sites for hydroxylation is 1. The number of hydrogen-bond donors (Lipinski definition) is 2. The number of aromatic nitrogens is 3. The van der Waals surface area contributed by atoms with Gasteiger partial charge in [-0.3, -0.25) is 9.36 Å². The van der Waals surface area contributed by atoms with E-state index in [1.165, 1.54) is 42.2 Å². The summed E-state index contributed by atoms with van der Waals surface area (Å²) < 4.78 is 13.7. The molecule has 1 atom stereocenters. The second kappa shape index (κ2) is 9.73. The topological polar surface area (TPSA) is 137 Å². The number of nitrogens with zero attached hydrogens (tertiary/aromatic N) is 3. The Kier molecular flexibility index (Phi) is 6.97. The summed E-state index contributed by atoms with van der Waals surface area (Å²) in [4.78, 5) is 44.7. The van der Waals surface area contributed by atoms with Gasteiger partial charge in [0.25, 0.3) is 5.56 Å². The minimum absolute atomic E-state index is 0.0181. The molecule has 3 heterocycles. The molecule has 0 spiro atoms. The van der Waals surface area contributed by atoms with Crippen LogP contribution in [0.3, 0.4) is 0 Å². The maximum Gasteiger partial charge on any atom is 0.333 e. The van der Waals surface area contributed by atoms with Crippen molar-refractivity contribution in [3.63, 3.8) is 0 Å². The lowest BCUT2D eigenvalue weighted by Crippen LogP contribution is -2.52. The molecule has 37 heavy (non-hydrogen) atoms. The number of oxazole rings is 1. The maximum absolute atomic E-state index is 13.9. The first kappa shape index (κ1) is 26.5. The summed E-state index contributed by atoms with van der Waals surface area (Å²) in [6.07, 6.45) is 2.21. The number of thiophene rings is 1. The molecule has 0 aliphatic rings. The van der Waals surface area contributed by atoms with Gasteiger partial charge in [-0.2, -0.15) is 0 Å². The number of aliphatic carboxylic acids is 1. The second-order valence-corrected chi connectivity index (χ2v) is 11.0. The molecule has 10 nitrogen and oxygen atoms in total. The zero-order valence-electron chi connectivity index (χ0n) is 21.2. The Morgan fingerprint density at radius 1 is 1.19 bits per heavy atom. The minimum Gasteiger partial charge on any atom is -0.480 e. The number of rotatable bonds is 9. The molecule has 4 rings (SSSR count). The molecule has 11 heteroatoms. The maximum atomic E-state index is 13.9. The standard InChI is InChI=1S/C26H29N3O7S/c1-15-18-21(30)29(26(4,5)23(31)32)24(33)28(22(18)37-19(15)20-27-11-12-35-20)13-17(36-14-25(2,3)34)16-9-7-6-8-10-16/h6-12,17,34H,13-14H2,1-5H3,(H,31,32)/t17-/m1/s1. The Hall–Kier alpha value is -3.54. The van der Waals surface area contributed by atoms with Crippen LogP contribution in [0.2, 0.25) is 0 Å². The van der Waals surface area contributed by atoms with Gasteiger partial charge >= 0.3 is 11.7 Å². The van der Waals surface area contributed by atoms with Crippen LogP contribution in [0.4, 0.5) is 0 Å². The summed E-state index contributed by atoms with van der Waals surface area (Å²) in [5.74, 6) is -1.03. The Bertz CT molecular complexity index is 1540. The quantitative estimate of drug-likeness (QED) is 0.337. The first-order chi connectivity index (χ1) is 17.3. The number of hydrogen-bond acceptors (Lipinski definition) is 8. The van der Waals surface area contributed by atoms with Crippen molar-refractivity contribution in [2.75, 3.05) is 6.61 Å². The molecule has 3 aromatic heterocycles. The molecule has 0 fully saturated rings. The van der Waals surface area contributed by atoms with Crippen molar-refractivity contribution < 1.29 is 24.2 Å². The van der Waals surface area contributed by atoms with Crippen LogP contribution in [-0.4, -0.2) is 42.5 Å². The van der Waals surface area contributed by atoms with Crippen molar-refractivity contribution in [2.45, 2.75) is 58.4 Å². The minimum atomic E-state index is -1.82. The van der Waals surface area contributed by atoms with Crippen LogP contribution in [0, 0.1) is 6.92 Å². The molecule has 4 aromatic rings. The van der Waals surface area contributed by atoms with E-state index in [9.17, 15) is 24.6 Å². The monoisotopic (exact) mass is 527 g/mol. The van der Waals surface area contributed by atoms with Crippen molar-refractivity contribution in [2.24, 2.45) is 0 Å². The van der Waals surface area contributed by atoms with E-state index in [-0.39, 0.29) is 18.5 Å². The third kappa shape index (κ3) is 5.02. The van der Waals surface area contributed by atoms with E-state index in [2.05, 4.69) is 4.98 Å². The van der Waals surface area contributed by atoms with Gasteiger partial charge in [-0.05, 0) is 45.7 Å².